The van der Waals surface area contributed by atoms with Gasteiger partial charge >= 0.3 is 5.97 Å². The van der Waals surface area contributed by atoms with Crippen LogP contribution in [0.4, 0.5) is 0 Å². The first kappa shape index (κ1) is 15.8. The smallest absolute Gasteiger partial charge is 0.323 e. The molecule has 0 bridgehead atoms. The van der Waals surface area contributed by atoms with Gasteiger partial charge in [-0.2, -0.15) is 0 Å². The molecule has 0 amide bonds. The van der Waals surface area contributed by atoms with Crippen LogP contribution >= 0.6 is 0 Å². The number of likely N-dealkylation sites (N-methyl/N-ethyl adjacent to an activating group) is 1. The summed E-state index contributed by atoms with van der Waals surface area (Å²) in [5.74, 6) is 0.0505. The first-order chi connectivity index (χ1) is 9.28. The molecule has 1 aliphatic heterocycles. The lowest BCUT2D eigenvalue weighted by atomic mass is 9.78. The highest BCUT2D eigenvalue weighted by Crippen LogP contribution is 2.38. The van der Waals surface area contributed by atoms with Crippen molar-refractivity contribution in [2.75, 3.05) is 20.1 Å². The Morgan fingerprint density at radius 2 is 2.05 bits per heavy atom. The molecule has 1 saturated heterocycles. The van der Waals surface area contributed by atoms with Crippen molar-refractivity contribution in [2.24, 2.45) is 11.3 Å². The Balaban J connectivity index is 2.02. The van der Waals surface area contributed by atoms with Crippen LogP contribution in [0.1, 0.15) is 52.9 Å². The van der Waals surface area contributed by atoms with E-state index < -0.39 is 11.5 Å². The van der Waals surface area contributed by atoms with E-state index in [1.54, 1.807) is 7.05 Å². The Kier molecular flexibility index (Phi) is 4.45. The minimum absolute atomic E-state index is 0.357. The molecule has 0 aromatic heterocycles. The zero-order chi connectivity index (χ0) is 15.0. The van der Waals surface area contributed by atoms with Crippen LogP contribution in [0.3, 0.4) is 0 Å². The van der Waals surface area contributed by atoms with E-state index in [9.17, 15) is 9.90 Å². The molecule has 2 rings (SSSR count). The summed E-state index contributed by atoms with van der Waals surface area (Å²) in [6, 6.07) is 0.430. The Labute approximate surface area is 122 Å². The number of hydrogen-bond acceptors (Lipinski definition) is 3. The average Bonchev–Trinajstić information content (AvgIpc) is 2.88. The van der Waals surface area contributed by atoms with Crippen molar-refractivity contribution in [2.45, 2.75) is 64.5 Å². The van der Waals surface area contributed by atoms with Crippen LogP contribution in [-0.2, 0) is 4.79 Å². The van der Waals surface area contributed by atoms with E-state index in [4.69, 9.17) is 0 Å². The third-order valence-corrected chi connectivity index (χ3v) is 5.57. The molecule has 0 radical (unpaired) electrons. The van der Waals surface area contributed by atoms with Crippen molar-refractivity contribution >= 4 is 5.97 Å². The summed E-state index contributed by atoms with van der Waals surface area (Å²) in [7, 11) is 1.79. The molecule has 1 heterocycles. The fraction of sp³-hybridized carbons (Fsp3) is 0.938. The molecule has 20 heavy (non-hydrogen) atoms. The van der Waals surface area contributed by atoms with Crippen molar-refractivity contribution < 1.29 is 9.90 Å². The summed E-state index contributed by atoms with van der Waals surface area (Å²) in [4.78, 5) is 14.2. The molecule has 3 unspecified atom stereocenters. The first-order valence-corrected chi connectivity index (χ1v) is 7.95. The maximum atomic E-state index is 11.6. The normalized spacial score (nSPS) is 36.2. The molecule has 2 fully saturated rings. The maximum Gasteiger partial charge on any atom is 0.323 e. The zero-order valence-electron chi connectivity index (χ0n) is 13.4. The number of aliphatic carboxylic acids is 1. The standard InChI is InChI=1S/C16H30N2O2/c1-15(2,3)12-7-9-18(11-12)13-6-5-8-16(10-13,17-4)14(19)20/h12-13,17H,5-11H2,1-4H3,(H,19,20). The van der Waals surface area contributed by atoms with Gasteiger partial charge in [0, 0.05) is 12.6 Å². The van der Waals surface area contributed by atoms with Gasteiger partial charge in [-0.1, -0.05) is 20.8 Å². The second kappa shape index (κ2) is 5.64. The van der Waals surface area contributed by atoms with Gasteiger partial charge in [0.25, 0.3) is 0 Å². The largest absolute Gasteiger partial charge is 0.480 e. The second-order valence-electron chi connectivity index (χ2n) is 7.73. The number of nitrogens with zero attached hydrogens (tertiary/aromatic N) is 1. The SMILES string of the molecule is CNC1(C(=O)O)CCCC(N2CCC(C(C)(C)C)C2)C1. The Morgan fingerprint density at radius 3 is 2.55 bits per heavy atom. The van der Waals surface area contributed by atoms with Crippen LogP contribution in [0.25, 0.3) is 0 Å². The molecule has 116 valence electrons. The maximum absolute atomic E-state index is 11.6. The van der Waals surface area contributed by atoms with Crippen LogP contribution < -0.4 is 5.32 Å². The highest BCUT2D eigenvalue weighted by Gasteiger charge is 2.45. The number of likely N-dealkylation sites (tertiary alicyclic amines) is 1. The lowest BCUT2D eigenvalue weighted by Crippen LogP contribution is -2.57. The summed E-state index contributed by atoms with van der Waals surface area (Å²) in [5.41, 5.74) is -0.348. The molecule has 0 aromatic carbocycles. The minimum Gasteiger partial charge on any atom is -0.480 e. The van der Waals surface area contributed by atoms with Gasteiger partial charge in [0.05, 0.1) is 0 Å². The molecule has 0 aromatic rings. The molecule has 2 aliphatic rings. The summed E-state index contributed by atoms with van der Waals surface area (Å²) < 4.78 is 0. The van der Waals surface area contributed by atoms with E-state index in [2.05, 4.69) is 31.0 Å². The Bertz CT molecular complexity index is 364. The van der Waals surface area contributed by atoms with Gasteiger partial charge in [-0.05, 0) is 57.0 Å². The summed E-state index contributed by atoms with van der Waals surface area (Å²) in [6.45, 7) is 9.21. The number of rotatable bonds is 3. The van der Waals surface area contributed by atoms with Gasteiger partial charge < -0.3 is 10.4 Å². The zero-order valence-corrected chi connectivity index (χ0v) is 13.4. The van der Waals surface area contributed by atoms with E-state index in [0.29, 0.717) is 11.5 Å². The minimum atomic E-state index is -0.706. The van der Waals surface area contributed by atoms with Crippen molar-refractivity contribution in [3.63, 3.8) is 0 Å². The van der Waals surface area contributed by atoms with Crippen LogP contribution in [0.5, 0.6) is 0 Å². The molecule has 3 atom stereocenters. The number of carboxylic acid groups (broad SMARTS) is 1. The van der Waals surface area contributed by atoms with E-state index in [1.807, 2.05) is 0 Å². The second-order valence-corrected chi connectivity index (χ2v) is 7.73. The highest BCUT2D eigenvalue weighted by atomic mass is 16.4. The third-order valence-electron chi connectivity index (χ3n) is 5.57. The summed E-state index contributed by atoms with van der Waals surface area (Å²) >= 11 is 0. The van der Waals surface area contributed by atoms with Crippen LogP contribution in [-0.4, -0.2) is 47.7 Å². The summed E-state index contributed by atoms with van der Waals surface area (Å²) in [5, 5.41) is 12.6. The molecule has 4 nitrogen and oxygen atoms in total. The molecular weight excluding hydrogens is 252 g/mol. The van der Waals surface area contributed by atoms with Crippen LogP contribution in [0, 0.1) is 11.3 Å². The fourth-order valence-corrected chi connectivity index (χ4v) is 3.91. The van der Waals surface area contributed by atoms with Crippen molar-refractivity contribution in [1.82, 2.24) is 10.2 Å². The van der Waals surface area contributed by atoms with Gasteiger partial charge in [0.2, 0.25) is 0 Å². The number of carboxylic acids is 1. The lowest BCUT2D eigenvalue weighted by molar-refractivity contribution is -0.147. The van der Waals surface area contributed by atoms with Crippen molar-refractivity contribution in [3.05, 3.63) is 0 Å². The van der Waals surface area contributed by atoms with Crippen molar-refractivity contribution in [3.8, 4) is 0 Å². The van der Waals surface area contributed by atoms with Crippen LogP contribution in [0.15, 0.2) is 0 Å². The van der Waals surface area contributed by atoms with E-state index in [1.165, 1.54) is 6.42 Å². The van der Waals surface area contributed by atoms with E-state index >= 15 is 0 Å². The molecule has 1 saturated carbocycles. The van der Waals surface area contributed by atoms with E-state index in [-0.39, 0.29) is 0 Å². The van der Waals surface area contributed by atoms with Gasteiger partial charge in [0.1, 0.15) is 5.54 Å². The highest BCUT2D eigenvalue weighted by molar-refractivity contribution is 5.79. The van der Waals surface area contributed by atoms with Gasteiger partial charge in [0.15, 0.2) is 0 Å². The average molecular weight is 282 g/mol. The van der Waals surface area contributed by atoms with Crippen molar-refractivity contribution in [1.29, 1.82) is 0 Å². The number of carbonyl (C=O) groups is 1. The summed E-state index contributed by atoms with van der Waals surface area (Å²) in [6.07, 6.45) is 4.91. The third kappa shape index (κ3) is 3.01. The number of nitrogens with one attached hydrogen (secondary N) is 1. The van der Waals surface area contributed by atoms with E-state index in [0.717, 1.165) is 44.7 Å². The Morgan fingerprint density at radius 1 is 1.35 bits per heavy atom. The first-order valence-electron chi connectivity index (χ1n) is 7.95. The predicted octanol–water partition coefficient (Wildman–Crippen LogP) is 2.34. The van der Waals surface area contributed by atoms with Gasteiger partial charge in [-0.3, -0.25) is 9.69 Å². The van der Waals surface area contributed by atoms with Gasteiger partial charge in [-0.25, -0.2) is 0 Å². The fourth-order valence-electron chi connectivity index (χ4n) is 3.91. The molecular formula is C16H30N2O2. The van der Waals surface area contributed by atoms with Gasteiger partial charge in [-0.15, -0.1) is 0 Å². The lowest BCUT2D eigenvalue weighted by Gasteiger charge is -2.41. The Hall–Kier alpha value is -0.610. The monoisotopic (exact) mass is 282 g/mol. The topological polar surface area (TPSA) is 52.6 Å². The number of hydrogen-bond donors (Lipinski definition) is 2. The predicted molar refractivity (Wildman–Crippen MR) is 80.8 cm³/mol. The molecule has 1 aliphatic carbocycles. The molecule has 2 N–H and O–H groups in total. The quantitative estimate of drug-likeness (QED) is 0.834. The molecule has 0 spiro atoms. The molecule has 4 heteroatoms. The van der Waals surface area contributed by atoms with Crippen LogP contribution in [0.2, 0.25) is 0 Å².